The Hall–Kier alpha value is -0.870. The van der Waals surface area contributed by atoms with Crippen molar-refractivity contribution < 1.29 is 0 Å². The maximum absolute atomic E-state index is 5.92. The molecule has 2 rings (SSSR count). The molecular formula is C11H17ClN4. The predicted molar refractivity (Wildman–Crippen MR) is 65.8 cm³/mol. The topological polar surface area (TPSA) is 41.0 Å². The highest BCUT2D eigenvalue weighted by Gasteiger charge is 2.16. The lowest BCUT2D eigenvalue weighted by Crippen LogP contribution is -2.33. The third-order valence-corrected chi connectivity index (χ3v) is 3.33. The van der Waals surface area contributed by atoms with Crippen LogP contribution in [0, 0.1) is 5.92 Å². The molecule has 0 aromatic carbocycles. The Labute approximate surface area is 101 Å². The summed E-state index contributed by atoms with van der Waals surface area (Å²) in [6, 6.07) is 0. The molecule has 2 heterocycles. The summed E-state index contributed by atoms with van der Waals surface area (Å²) in [5.74, 6) is 1.41. The molecule has 1 fully saturated rings. The highest BCUT2D eigenvalue weighted by molar-refractivity contribution is 6.31. The molecule has 0 radical (unpaired) electrons. The molecule has 1 aliphatic rings. The minimum Gasteiger partial charge on any atom is -0.367 e. The number of nitrogens with one attached hydrogen (secondary N) is 1. The molecule has 0 spiro atoms. The molecular weight excluding hydrogens is 224 g/mol. The number of hydrogen-bond acceptors (Lipinski definition) is 4. The third-order valence-electron chi connectivity index (χ3n) is 3.05. The Bertz CT molecular complexity index is 337. The van der Waals surface area contributed by atoms with Crippen LogP contribution in [0.1, 0.15) is 12.8 Å². The van der Waals surface area contributed by atoms with Crippen LogP contribution in [-0.4, -0.2) is 41.5 Å². The lowest BCUT2D eigenvalue weighted by molar-refractivity contribution is 0.226. The molecule has 1 saturated heterocycles. The average molecular weight is 241 g/mol. The molecule has 1 N–H and O–H groups in total. The van der Waals surface area contributed by atoms with E-state index in [1.165, 1.54) is 25.9 Å². The summed E-state index contributed by atoms with van der Waals surface area (Å²) in [5.41, 5.74) is 0. The van der Waals surface area contributed by atoms with Crippen molar-refractivity contribution in [3.8, 4) is 0 Å². The first-order valence-electron chi connectivity index (χ1n) is 5.64. The maximum atomic E-state index is 5.92. The average Bonchev–Trinajstić information content (AvgIpc) is 2.30. The molecule has 0 unspecified atom stereocenters. The molecule has 0 amide bonds. The van der Waals surface area contributed by atoms with E-state index in [0.717, 1.165) is 6.54 Å². The number of likely N-dealkylation sites (tertiary alicyclic amines) is 1. The van der Waals surface area contributed by atoms with Gasteiger partial charge in [0.15, 0.2) is 11.0 Å². The molecule has 16 heavy (non-hydrogen) atoms. The van der Waals surface area contributed by atoms with Gasteiger partial charge in [0, 0.05) is 18.9 Å². The predicted octanol–water partition coefficient (Wildman–Crippen LogP) is 1.88. The Balaban J connectivity index is 1.81. The summed E-state index contributed by atoms with van der Waals surface area (Å²) in [5, 5.41) is 3.73. The van der Waals surface area contributed by atoms with Crippen LogP contribution in [0.2, 0.25) is 5.15 Å². The summed E-state index contributed by atoms with van der Waals surface area (Å²) < 4.78 is 0. The largest absolute Gasteiger partial charge is 0.367 e. The van der Waals surface area contributed by atoms with E-state index in [-0.39, 0.29) is 0 Å². The quantitative estimate of drug-likeness (QED) is 0.876. The van der Waals surface area contributed by atoms with Gasteiger partial charge in [-0.1, -0.05) is 11.6 Å². The van der Waals surface area contributed by atoms with Gasteiger partial charge in [0.1, 0.15) is 0 Å². The van der Waals surface area contributed by atoms with E-state index in [1.807, 2.05) is 0 Å². The second kappa shape index (κ2) is 5.46. The van der Waals surface area contributed by atoms with Crippen molar-refractivity contribution in [2.75, 3.05) is 32.0 Å². The summed E-state index contributed by atoms with van der Waals surface area (Å²) in [4.78, 5) is 10.5. The summed E-state index contributed by atoms with van der Waals surface area (Å²) >= 11 is 5.92. The van der Waals surface area contributed by atoms with E-state index < -0.39 is 0 Å². The molecule has 5 heteroatoms. The third kappa shape index (κ3) is 3.06. The van der Waals surface area contributed by atoms with Gasteiger partial charge in [-0.05, 0) is 38.9 Å². The Kier molecular flexibility index (Phi) is 3.96. The van der Waals surface area contributed by atoms with Crippen molar-refractivity contribution in [3.05, 3.63) is 17.5 Å². The van der Waals surface area contributed by atoms with Crippen LogP contribution in [0.5, 0.6) is 0 Å². The first-order valence-corrected chi connectivity index (χ1v) is 6.02. The van der Waals surface area contributed by atoms with Crippen LogP contribution in [0.3, 0.4) is 0 Å². The fraction of sp³-hybridized carbons (Fsp3) is 0.636. The maximum Gasteiger partial charge on any atom is 0.171 e. The van der Waals surface area contributed by atoms with Crippen molar-refractivity contribution in [2.24, 2.45) is 5.92 Å². The molecule has 4 nitrogen and oxygen atoms in total. The number of hydrogen-bond donors (Lipinski definition) is 1. The number of nitrogens with zero attached hydrogens (tertiary/aromatic N) is 3. The van der Waals surface area contributed by atoms with Gasteiger partial charge in [-0.3, -0.25) is 0 Å². The van der Waals surface area contributed by atoms with Crippen LogP contribution in [0.25, 0.3) is 0 Å². The van der Waals surface area contributed by atoms with Gasteiger partial charge < -0.3 is 10.2 Å². The zero-order valence-corrected chi connectivity index (χ0v) is 10.2. The van der Waals surface area contributed by atoms with E-state index in [1.54, 1.807) is 12.4 Å². The highest BCUT2D eigenvalue weighted by Crippen LogP contribution is 2.19. The first-order chi connectivity index (χ1) is 7.75. The van der Waals surface area contributed by atoms with E-state index >= 15 is 0 Å². The Morgan fingerprint density at radius 1 is 1.38 bits per heavy atom. The second-order valence-corrected chi connectivity index (χ2v) is 4.68. The van der Waals surface area contributed by atoms with Crippen LogP contribution in [0.15, 0.2) is 12.4 Å². The Morgan fingerprint density at radius 2 is 2.06 bits per heavy atom. The molecule has 0 saturated carbocycles. The highest BCUT2D eigenvalue weighted by atomic mass is 35.5. The number of aromatic nitrogens is 2. The van der Waals surface area contributed by atoms with E-state index in [9.17, 15) is 0 Å². The van der Waals surface area contributed by atoms with Crippen LogP contribution in [-0.2, 0) is 0 Å². The Morgan fingerprint density at radius 3 is 2.75 bits per heavy atom. The van der Waals surface area contributed by atoms with Crippen molar-refractivity contribution >= 4 is 17.4 Å². The molecule has 0 aliphatic carbocycles. The number of anilines is 1. The minimum absolute atomic E-state index is 0.454. The fourth-order valence-corrected chi connectivity index (χ4v) is 2.12. The van der Waals surface area contributed by atoms with Gasteiger partial charge in [0.05, 0.1) is 0 Å². The lowest BCUT2D eigenvalue weighted by Gasteiger charge is -2.29. The standard InChI is InChI=1S/C11H17ClN4/c1-16-6-2-9(3-7-16)8-15-11-10(12)13-4-5-14-11/h4-5,9H,2-3,6-8H2,1H3,(H,14,15). The van der Waals surface area contributed by atoms with E-state index in [0.29, 0.717) is 16.9 Å². The zero-order chi connectivity index (χ0) is 11.4. The van der Waals surface area contributed by atoms with Gasteiger partial charge in [-0.25, -0.2) is 9.97 Å². The second-order valence-electron chi connectivity index (χ2n) is 4.32. The van der Waals surface area contributed by atoms with E-state index in [2.05, 4.69) is 27.2 Å². The van der Waals surface area contributed by atoms with Gasteiger partial charge >= 0.3 is 0 Å². The molecule has 0 atom stereocenters. The van der Waals surface area contributed by atoms with Crippen LogP contribution < -0.4 is 5.32 Å². The van der Waals surface area contributed by atoms with Gasteiger partial charge in [0.25, 0.3) is 0 Å². The van der Waals surface area contributed by atoms with Crippen molar-refractivity contribution in [3.63, 3.8) is 0 Å². The summed E-state index contributed by atoms with van der Waals surface area (Å²) in [6.07, 6.45) is 5.73. The number of rotatable bonds is 3. The SMILES string of the molecule is CN1CCC(CNc2nccnc2Cl)CC1. The van der Waals surface area contributed by atoms with Crippen molar-refractivity contribution in [1.29, 1.82) is 0 Å². The molecule has 1 aromatic heterocycles. The monoisotopic (exact) mass is 240 g/mol. The zero-order valence-electron chi connectivity index (χ0n) is 9.49. The molecule has 0 bridgehead atoms. The fourth-order valence-electron chi connectivity index (χ4n) is 1.95. The summed E-state index contributed by atoms with van der Waals surface area (Å²) in [6.45, 7) is 3.30. The van der Waals surface area contributed by atoms with Crippen LogP contribution in [0.4, 0.5) is 5.82 Å². The lowest BCUT2D eigenvalue weighted by atomic mass is 9.97. The molecule has 1 aromatic rings. The van der Waals surface area contributed by atoms with E-state index in [4.69, 9.17) is 11.6 Å². The number of piperidine rings is 1. The van der Waals surface area contributed by atoms with Crippen LogP contribution >= 0.6 is 11.6 Å². The smallest absolute Gasteiger partial charge is 0.171 e. The van der Waals surface area contributed by atoms with Gasteiger partial charge in [0.2, 0.25) is 0 Å². The number of halogens is 1. The van der Waals surface area contributed by atoms with Crippen molar-refractivity contribution in [2.45, 2.75) is 12.8 Å². The summed E-state index contributed by atoms with van der Waals surface area (Å²) in [7, 11) is 2.17. The molecule has 88 valence electrons. The van der Waals surface area contributed by atoms with Gasteiger partial charge in [-0.2, -0.15) is 0 Å². The van der Waals surface area contributed by atoms with Gasteiger partial charge in [-0.15, -0.1) is 0 Å². The molecule has 1 aliphatic heterocycles. The minimum atomic E-state index is 0.454. The normalized spacial score (nSPS) is 18.6. The van der Waals surface area contributed by atoms with Crippen molar-refractivity contribution in [1.82, 2.24) is 14.9 Å². The first kappa shape index (κ1) is 11.6.